The minimum atomic E-state index is -0.505. The van der Waals surface area contributed by atoms with Crippen molar-refractivity contribution in [3.8, 4) is 0 Å². The largest absolute Gasteiger partial charge is 0.444 e. The third-order valence-electron chi connectivity index (χ3n) is 2.73. The zero-order valence-electron chi connectivity index (χ0n) is 11.3. The SMILES string of the molecule is CC(C)(C)OC(=O)N1CCC(=C(F)CCO)CC1. The Morgan fingerprint density at radius 2 is 1.94 bits per heavy atom. The Hall–Kier alpha value is -1.10. The number of carbonyl (C=O) groups excluding carboxylic acids is 1. The van der Waals surface area contributed by atoms with Gasteiger partial charge in [-0.25, -0.2) is 9.18 Å². The predicted molar refractivity (Wildman–Crippen MR) is 66.9 cm³/mol. The highest BCUT2D eigenvalue weighted by Gasteiger charge is 2.25. The van der Waals surface area contributed by atoms with E-state index in [0.29, 0.717) is 31.5 Å². The number of hydrogen-bond acceptors (Lipinski definition) is 3. The van der Waals surface area contributed by atoms with Gasteiger partial charge in [0.25, 0.3) is 0 Å². The van der Waals surface area contributed by atoms with Gasteiger partial charge in [-0.1, -0.05) is 0 Å². The van der Waals surface area contributed by atoms with Crippen molar-refractivity contribution in [1.29, 1.82) is 0 Å². The number of aliphatic hydroxyl groups is 1. The molecule has 1 aliphatic heterocycles. The molecule has 1 saturated heterocycles. The van der Waals surface area contributed by atoms with E-state index in [-0.39, 0.29) is 24.9 Å². The summed E-state index contributed by atoms with van der Waals surface area (Å²) in [5, 5.41) is 8.68. The lowest BCUT2D eigenvalue weighted by atomic mass is 10.0. The zero-order chi connectivity index (χ0) is 13.8. The molecule has 0 radical (unpaired) electrons. The van der Waals surface area contributed by atoms with Crippen LogP contribution in [-0.4, -0.2) is 41.4 Å². The third kappa shape index (κ3) is 4.64. The summed E-state index contributed by atoms with van der Waals surface area (Å²) in [4.78, 5) is 13.4. The number of amides is 1. The van der Waals surface area contributed by atoms with E-state index in [9.17, 15) is 9.18 Å². The fraction of sp³-hybridized carbons (Fsp3) is 0.769. The summed E-state index contributed by atoms with van der Waals surface area (Å²) in [5.74, 6) is -0.235. The minimum absolute atomic E-state index is 0.0712. The average molecular weight is 259 g/mol. The molecule has 0 aliphatic carbocycles. The highest BCUT2D eigenvalue weighted by molar-refractivity contribution is 5.68. The van der Waals surface area contributed by atoms with Crippen molar-refractivity contribution in [2.45, 2.75) is 45.6 Å². The molecule has 104 valence electrons. The van der Waals surface area contributed by atoms with Crippen LogP contribution < -0.4 is 0 Å². The lowest BCUT2D eigenvalue weighted by Gasteiger charge is -2.31. The molecule has 0 bridgehead atoms. The predicted octanol–water partition coefficient (Wildman–Crippen LogP) is 2.62. The van der Waals surface area contributed by atoms with Crippen molar-refractivity contribution < 1.29 is 19.0 Å². The number of ether oxygens (including phenoxy) is 1. The first-order valence-corrected chi connectivity index (χ1v) is 6.28. The molecule has 1 heterocycles. The van der Waals surface area contributed by atoms with E-state index in [1.165, 1.54) is 0 Å². The maximum atomic E-state index is 13.5. The molecule has 0 aromatic rings. The number of hydrogen-bond donors (Lipinski definition) is 1. The van der Waals surface area contributed by atoms with Gasteiger partial charge in [-0.3, -0.25) is 0 Å². The Kier molecular flexibility index (Phi) is 5.14. The van der Waals surface area contributed by atoms with Crippen LogP contribution in [0, 0.1) is 0 Å². The van der Waals surface area contributed by atoms with Crippen LogP contribution in [0.5, 0.6) is 0 Å². The quantitative estimate of drug-likeness (QED) is 0.829. The Morgan fingerprint density at radius 1 is 1.39 bits per heavy atom. The van der Waals surface area contributed by atoms with Gasteiger partial charge in [0, 0.05) is 26.1 Å². The van der Waals surface area contributed by atoms with Gasteiger partial charge < -0.3 is 14.7 Å². The number of aliphatic hydroxyl groups excluding tert-OH is 1. The maximum Gasteiger partial charge on any atom is 0.410 e. The van der Waals surface area contributed by atoms with Crippen molar-refractivity contribution in [2.75, 3.05) is 19.7 Å². The molecule has 4 nitrogen and oxygen atoms in total. The first-order valence-electron chi connectivity index (χ1n) is 6.28. The van der Waals surface area contributed by atoms with Crippen LogP contribution in [0.4, 0.5) is 9.18 Å². The maximum absolute atomic E-state index is 13.5. The third-order valence-corrected chi connectivity index (χ3v) is 2.73. The molecule has 1 amide bonds. The molecule has 0 saturated carbocycles. The first kappa shape index (κ1) is 15.0. The van der Waals surface area contributed by atoms with E-state index in [0.717, 1.165) is 0 Å². The number of rotatable bonds is 2. The number of likely N-dealkylation sites (tertiary alicyclic amines) is 1. The summed E-state index contributed by atoms with van der Waals surface area (Å²) in [7, 11) is 0. The van der Waals surface area contributed by atoms with E-state index in [1.54, 1.807) is 4.90 Å². The molecule has 5 heteroatoms. The van der Waals surface area contributed by atoms with Crippen LogP contribution in [0.1, 0.15) is 40.0 Å². The molecule has 1 aliphatic rings. The lowest BCUT2D eigenvalue weighted by molar-refractivity contribution is 0.0234. The normalized spacial score (nSPS) is 16.7. The van der Waals surface area contributed by atoms with E-state index in [4.69, 9.17) is 9.84 Å². The molecule has 1 rings (SSSR count). The smallest absolute Gasteiger partial charge is 0.410 e. The summed E-state index contributed by atoms with van der Waals surface area (Å²) in [6.07, 6.45) is 0.766. The van der Waals surface area contributed by atoms with E-state index in [2.05, 4.69) is 0 Å². The summed E-state index contributed by atoms with van der Waals surface area (Å²) < 4.78 is 18.7. The molecule has 0 aromatic heterocycles. The molecule has 1 fully saturated rings. The van der Waals surface area contributed by atoms with Crippen molar-refractivity contribution in [1.82, 2.24) is 4.90 Å². The minimum Gasteiger partial charge on any atom is -0.444 e. The monoisotopic (exact) mass is 259 g/mol. The Morgan fingerprint density at radius 3 is 2.39 bits per heavy atom. The second-order valence-corrected chi connectivity index (χ2v) is 5.45. The van der Waals surface area contributed by atoms with E-state index < -0.39 is 5.60 Å². The molecule has 0 spiro atoms. The van der Waals surface area contributed by atoms with Gasteiger partial charge in [0.1, 0.15) is 11.4 Å². The van der Waals surface area contributed by atoms with Gasteiger partial charge in [-0.15, -0.1) is 0 Å². The van der Waals surface area contributed by atoms with Crippen LogP contribution in [0.3, 0.4) is 0 Å². The topological polar surface area (TPSA) is 49.8 Å². The van der Waals surface area contributed by atoms with Gasteiger partial charge in [-0.05, 0) is 39.2 Å². The number of nitrogens with zero attached hydrogens (tertiary/aromatic N) is 1. The van der Waals surface area contributed by atoms with Crippen molar-refractivity contribution in [3.05, 3.63) is 11.4 Å². The standard InChI is InChI=1S/C13H22FNO3/c1-13(2,3)18-12(17)15-7-4-10(5-8-15)11(14)6-9-16/h16H,4-9H2,1-3H3. The molecule has 0 aromatic carbocycles. The molecule has 1 N–H and O–H groups in total. The van der Waals surface area contributed by atoms with Crippen LogP contribution in [0.25, 0.3) is 0 Å². The van der Waals surface area contributed by atoms with Gasteiger partial charge in [0.15, 0.2) is 0 Å². The second kappa shape index (κ2) is 6.18. The molecular weight excluding hydrogens is 237 g/mol. The lowest BCUT2D eigenvalue weighted by Crippen LogP contribution is -2.40. The van der Waals surface area contributed by atoms with E-state index in [1.807, 2.05) is 20.8 Å². The van der Waals surface area contributed by atoms with Crippen molar-refractivity contribution in [2.24, 2.45) is 0 Å². The number of halogens is 1. The number of piperidine rings is 1. The van der Waals surface area contributed by atoms with Crippen LogP contribution in [0.2, 0.25) is 0 Å². The Bertz CT molecular complexity index is 324. The molecular formula is C13H22FNO3. The van der Waals surface area contributed by atoms with Crippen molar-refractivity contribution >= 4 is 6.09 Å². The number of carbonyl (C=O) groups is 1. The van der Waals surface area contributed by atoms with Crippen LogP contribution in [-0.2, 0) is 4.74 Å². The summed E-state index contributed by atoms with van der Waals surface area (Å²) in [5.41, 5.74) is 0.207. The van der Waals surface area contributed by atoms with Crippen LogP contribution >= 0.6 is 0 Å². The van der Waals surface area contributed by atoms with E-state index >= 15 is 0 Å². The molecule has 0 atom stereocenters. The van der Waals surface area contributed by atoms with Crippen LogP contribution in [0.15, 0.2) is 11.4 Å². The fourth-order valence-electron chi connectivity index (χ4n) is 1.83. The van der Waals surface area contributed by atoms with Gasteiger partial charge in [0.05, 0.1) is 0 Å². The average Bonchev–Trinajstić information content (AvgIpc) is 2.27. The fourth-order valence-corrected chi connectivity index (χ4v) is 1.83. The first-order chi connectivity index (χ1) is 8.33. The Labute approximate surface area is 107 Å². The van der Waals surface area contributed by atoms with Gasteiger partial charge in [-0.2, -0.15) is 0 Å². The molecule has 0 unspecified atom stereocenters. The summed E-state index contributed by atoms with van der Waals surface area (Å²) in [6.45, 7) is 6.24. The van der Waals surface area contributed by atoms with Gasteiger partial charge in [0.2, 0.25) is 0 Å². The van der Waals surface area contributed by atoms with Gasteiger partial charge >= 0.3 is 6.09 Å². The van der Waals surface area contributed by atoms with Crippen molar-refractivity contribution in [3.63, 3.8) is 0 Å². The second-order valence-electron chi connectivity index (χ2n) is 5.45. The highest BCUT2D eigenvalue weighted by atomic mass is 19.1. The zero-order valence-corrected chi connectivity index (χ0v) is 11.3. The molecule has 18 heavy (non-hydrogen) atoms. The highest BCUT2D eigenvalue weighted by Crippen LogP contribution is 2.23. The summed E-state index contributed by atoms with van der Waals surface area (Å²) >= 11 is 0. The summed E-state index contributed by atoms with van der Waals surface area (Å²) in [6, 6.07) is 0. The Balaban J connectivity index is 2.49.